The van der Waals surface area contributed by atoms with E-state index in [4.69, 9.17) is 19.9 Å². The summed E-state index contributed by atoms with van der Waals surface area (Å²) in [6.07, 6.45) is 0. The number of hydrogen-bond acceptors (Lipinski definition) is 5. The number of carbonyl (C=O) groups excluding carboxylic acids is 1. The number of hydrogen-bond donors (Lipinski definition) is 2. The summed E-state index contributed by atoms with van der Waals surface area (Å²) in [6.45, 7) is 0.302. The Morgan fingerprint density at radius 1 is 1.04 bits per heavy atom. The predicted molar refractivity (Wildman–Crippen MR) is 98.6 cm³/mol. The number of methoxy groups -OCH3 is 3. The van der Waals surface area contributed by atoms with E-state index in [1.807, 2.05) is 30.3 Å². The smallest absolute Gasteiger partial charge is 0.241 e. The van der Waals surface area contributed by atoms with Gasteiger partial charge in [-0.25, -0.2) is 0 Å². The lowest BCUT2D eigenvalue weighted by Crippen LogP contribution is -2.33. The molecule has 0 heterocycles. The number of rotatable bonds is 7. The largest absolute Gasteiger partial charge is 0.493 e. The molecule has 1 amide bonds. The van der Waals surface area contributed by atoms with Gasteiger partial charge in [0.1, 0.15) is 6.04 Å². The van der Waals surface area contributed by atoms with Crippen LogP contribution >= 0.6 is 12.4 Å². The number of ether oxygens (including phenoxy) is 3. The number of nitrogens with one attached hydrogen (secondary N) is 1. The molecule has 136 valence electrons. The Kier molecular flexibility index (Phi) is 8.04. The Labute approximate surface area is 153 Å². The number of halogens is 1. The van der Waals surface area contributed by atoms with E-state index >= 15 is 0 Å². The lowest BCUT2D eigenvalue weighted by atomic mass is 10.1. The molecule has 2 rings (SSSR count). The van der Waals surface area contributed by atoms with E-state index in [2.05, 4.69) is 5.32 Å². The van der Waals surface area contributed by atoms with Crippen LogP contribution in [0.1, 0.15) is 17.2 Å². The summed E-state index contributed by atoms with van der Waals surface area (Å²) in [4.78, 5) is 12.2. The quantitative estimate of drug-likeness (QED) is 0.786. The zero-order valence-electron chi connectivity index (χ0n) is 14.4. The van der Waals surface area contributed by atoms with Crippen LogP contribution in [-0.2, 0) is 11.3 Å². The predicted octanol–water partition coefficient (Wildman–Crippen LogP) is 2.45. The fourth-order valence-corrected chi connectivity index (χ4v) is 2.35. The third kappa shape index (κ3) is 5.01. The molecule has 0 bridgehead atoms. The van der Waals surface area contributed by atoms with Crippen LogP contribution in [0.3, 0.4) is 0 Å². The first-order valence-electron chi connectivity index (χ1n) is 7.47. The van der Waals surface area contributed by atoms with Gasteiger partial charge in [-0.05, 0) is 23.3 Å². The second kappa shape index (κ2) is 9.76. The molecular weight excluding hydrogens is 344 g/mol. The monoisotopic (exact) mass is 366 g/mol. The molecule has 0 saturated carbocycles. The van der Waals surface area contributed by atoms with Crippen LogP contribution in [0.5, 0.6) is 17.2 Å². The van der Waals surface area contributed by atoms with Gasteiger partial charge >= 0.3 is 0 Å². The van der Waals surface area contributed by atoms with Crippen LogP contribution < -0.4 is 25.3 Å². The first-order valence-corrected chi connectivity index (χ1v) is 7.47. The molecule has 6 nitrogen and oxygen atoms in total. The summed E-state index contributed by atoms with van der Waals surface area (Å²) in [7, 11) is 4.64. The van der Waals surface area contributed by atoms with E-state index < -0.39 is 6.04 Å². The summed E-state index contributed by atoms with van der Waals surface area (Å²) < 4.78 is 15.9. The second-order valence-corrected chi connectivity index (χ2v) is 5.14. The van der Waals surface area contributed by atoms with Crippen LogP contribution in [0, 0.1) is 0 Å². The van der Waals surface area contributed by atoms with Gasteiger partial charge in [0.25, 0.3) is 0 Å². The van der Waals surface area contributed by atoms with Crippen molar-refractivity contribution >= 4 is 18.3 Å². The number of nitrogens with two attached hydrogens (primary N) is 1. The maximum Gasteiger partial charge on any atom is 0.241 e. The lowest BCUT2D eigenvalue weighted by molar-refractivity contribution is -0.122. The number of carbonyl (C=O) groups is 1. The van der Waals surface area contributed by atoms with E-state index in [0.717, 1.165) is 11.1 Å². The Morgan fingerprint density at radius 2 is 1.60 bits per heavy atom. The average Bonchev–Trinajstić information content (AvgIpc) is 2.65. The lowest BCUT2D eigenvalue weighted by Gasteiger charge is -2.16. The molecular formula is C18H23ClN2O4. The van der Waals surface area contributed by atoms with Crippen molar-refractivity contribution in [2.24, 2.45) is 5.73 Å². The van der Waals surface area contributed by atoms with Gasteiger partial charge in [-0.1, -0.05) is 30.3 Å². The van der Waals surface area contributed by atoms with Crippen LogP contribution in [0.25, 0.3) is 0 Å². The van der Waals surface area contributed by atoms with Crippen LogP contribution in [0.15, 0.2) is 42.5 Å². The first kappa shape index (κ1) is 20.6. The van der Waals surface area contributed by atoms with E-state index in [0.29, 0.717) is 23.8 Å². The molecule has 0 aliphatic heterocycles. The molecule has 0 aliphatic rings. The highest BCUT2D eigenvalue weighted by Crippen LogP contribution is 2.38. The summed E-state index contributed by atoms with van der Waals surface area (Å²) >= 11 is 0. The molecule has 1 atom stereocenters. The molecule has 1 unspecified atom stereocenters. The summed E-state index contributed by atoms with van der Waals surface area (Å²) in [5, 5.41) is 2.82. The third-order valence-corrected chi connectivity index (χ3v) is 3.63. The zero-order chi connectivity index (χ0) is 17.5. The van der Waals surface area contributed by atoms with Crippen LogP contribution in [-0.4, -0.2) is 27.2 Å². The van der Waals surface area contributed by atoms with E-state index in [9.17, 15) is 4.79 Å². The molecule has 2 aromatic rings. The fourth-order valence-electron chi connectivity index (χ4n) is 2.35. The van der Waals surface area contributed by atoms with E-state index in [1.54, 1.807) is 33.5 Å². The Balaban J connectivity index is 0.00000312. The van der Waals surface area contributed by atoms with Gasteiger partial charge in [0, 0.05) is 6.54 Å². The second-order valence-electron chi connectivity index (χ2n) is 5.14. The van der Waals surface area contributed by atoms with Crippen molar-refractivity contribution in [1.82, 2.24) is 5.32 Å². The van der Waals surface area contributed by atoms with Crippen molar-refractivity contribution < 1.29 is 19.0 Å². The third-order valence-electron chi connectivity index (χ3n) is 3.63. The molecule has 7 heteroatoms. The van der Waals surface area contributed by atoms with Crippen molar-refractivity contribution in [1.29, 1.82) is 0 Å². The van der Waals surface area contributed by atoms with Gasteiger partial charge in [0.15, 0.2) is 11.5 Å². The van der Waals surface area contributed by atoms with Crippen molar-refractivity contribution in [3.05, 3.63) is 53.6 Å². The molecule has 25 heavy (non-hydrogen) atoms. The van der Waals surface area contributed by atoms with E-state index in [-0.39, 0.29) is 18.3 Å². The average molecular weight is 367 g/mol. The summed E-state index contributed by atoms with van der Waals surface area (Å²) in [5.41, 5.74) is 7.56. The first-order chi connectivity index (χ1) is 11.6. The van der Waals surface area contributed by atoms with Crippen molar-refractivity contribution in [3.63, 3.8) is 0 Å². The summed E-state index contributed by atoms with van der Waals surface area (Å²) in [5.74, 6) is 1.33. The number of amides is 1. The van der Waals surface area contributed by atoms with E-state index in [1.165, 1.54) is 0 Å². The Bertz CT molecular complexity index is 670. The molecule has 2 aromatic carbocycles. The Morgan fingerprint density at radius 3 is 2.08 bits per heavy atom. The Hall–Kier alpha value is -2.44. The highest BCUT2D eigenvalue weighted by atomic mass is 35.5. The molecule has 0 aromatic heterocycles. The fraction of sp³-hybridized carbons (Fsp3) is 0.278. The molecule has 0 fully saturated rings. The van der Waals surface area contributed by atoms with Gasteiger partial charge < -0.3 is 25.3 Å². The van der Waals surface area contributed by atoms with Gasteiger partial charge in [0.05, 0.1) is 21.3 Å². The minimum Gasteiger partial charge on any atom is -0.493 e. The molecule has 0 saturated heterocycles. The van der Waals surface area contributed by atoms with Gasteiger partial charge in [0.2, 0.25) is 11.7 Å². The molecule has 0 spiro atoms. The van der Waals surface area contributed by atoms with Gasteiger partial charge in [-0.3, -0.25) is 4.79 Å². The van der Waals surface area contributed by atoms with Crippen molar-refractivity contribution in [2.75, 3.05) is 21.3 Å². The minimum absolute atomic E-state index is 0. The zero-order valence-corrected chi connectivity index (χ0v) is 15.3. The SMILES string of the molecule is COc1cc(CNC(=O)C(N)c2ccccc2)cc(OC)c1OC.Cl. The van der Waals surface area contributed by atoms with Crippen molar-refractivity contribution in [3.8, 4) is 17.2 Å². The van der Waals surface area contributed by atoms with Crippen LogP contribution in [0.2, 0.25) is 0 Å². The standard InChI is InChI=1S/C18H22N2O4.ClH/c1-22-14-9-12(10-15(23-2)17(14)24-3)11-20-18(21)16(19)13-7-5-4-6-8-13;/h4-10,16H,11,19H2,1-3H3,(H,20,21);1H. The molecule has 0 radical (unpaired) electrons. The van der Waals surface area contributed by atoms with Gasteiger partial charge in [-0.15, -0.1) is 12.4 Å². The molecule has 3 N–H and O–H groups in total. The molecule has 0 aliphatic carbocycles. The minimum atomic E-state index is -0.715. The van der Waals surface area contributed by atoms with Crippen LogP contribution in [0.4, 0.5) is 0 Å². The highest BCUT2D eigenvalue weighted by Gasteiger charge is 2.17. The summed E-state index contributed by atoms with van der Waals surface area (Å²) in [6, 6.07) is 12.1. The topological polar surface area (TPSA) is 82.8 Å². The van der Waals surface area contributed by atoms with Gasteiger partial charge in [-0.2, -0.15) is 0 Å². The normalized spacial score (nSPS) is 11.0. The highest BCUT2D eigenvalue weighted by molar-refractivity contribution is 5.85. The van der Waals surface area contributed by atoms with Crippen molar-refractivity contribution in [2.45, 2.75) is 12.6 Å². The number of benzene rings is 2. The maximum atomic E-state index is 12.2. The maximum absolute atomic E-state index is 12.2.